The molecule has 18 heavy (non-hydrogen) atoms. The summed E-state index contributed by atoms with van der Waals surface area (Å²) in [5, 5.41) is 0. The summed E-state index contributed by atoms with van der Waals surface area (Å²) in [6, 6.07) is 0. The number of carbonyl (C=O) groups is 2. The van der Waals surface area contributed by atoms with Crippen LogP contribution in [0, 0.1) is 11.8 Å². The average molecular weight is 254 g/mol. The SMILES string of the molecule is COC(=O)C1=CC[C@@H](C(=O)OC(C)(C)C)C(C)C1. The zero-order valence-corrected chi connectivity index (χ0v) is 11.8. The van der Waals surface area contributed by atoms with Crippen LogP contribution in [0.3, 0.4) is 0 Å². The minimum absolute atomic E-state index is 0.0962. The van der Waals surface area contributed by atoms with E-state index in [0.29, 0.717) is 18.4 Å². The molecule has 0 spiro atoms. The Bertz CT molecular complexity index is 362. The highest BCUT2D eigenvalue weighted by atomic mass is 16.6. The minimum Gasteiger partial charge on any atom is -0.466 e. The monoisotopic (exact) mass is 254 g/mol. The third-order valence-electron chi connectivity index (χ3n) is 3.00. The Balaban J connectivity index is 2.69. The maximum Gasteiger partial charge on any atom is 0.333 e. The maximum absolute atomic E-state index is 12.0. The zero-order chi connectivity index (χ0) is 13.9. The second-order valence-corrected chi connectivity index (χ2v) is 5.78. The van der Waals surface area contributed by atoms with E-state index in [1.54, 1.807) is 6.08 Å². The molecular formula is C14H22O4. The molecule has 0 saturated heterocycles. The summed E-state index contributed by atoms with van der Waals surface area (Å²) in [6.07, 6.45) is 2.90. The second kappa shape index (κ2) is 5.55. The zero-order valence-electron chi connectivity index (χ0n) is 11.8. The van der Waals surface area contributed by atoms with Gasteiger partial charge in [-0.2, -0.15) is 0 Å². The first-order valence-electron chi connectivity index (χ1n) is 6.25. The molecule has 4 heteroatoms. The van der Waals surface area contributed by atoms with Crippen LogP contribution in [0.4, 0.5) is 0 Å². The first kappa shape index (κ1) is 14.7. The molecule has 1 aliphatic carbocycles. The van der Waals surface area contributed by atoms with Crippen LogP contribution >= 0.6 is 0 Å². The molecule has 1 rings (SSSR count). The lowest BCUT2D eigenvalue weighted by atomic mass is 9.80. The number of ether oxygens (including phenoxy) is 2. The van der Waals surface area contributed by atoms with Crippen molar-refractivity contribution < 1.29 is 19.1 Å². The van der Waals surface area contributed by atoms with Gasteiger partial charge < -0.3 is 9.47 Å². The molecule has 0 aromatic heterocycles. The predicted octanol–water partition coefficient (Wildman–Crippen LogP) is 2.47. The molecule has 0 fully saturated rings. The molecule has 0 N–H and O–H groups in total. The molecule has 0 radical (unpaired) electrons. The Kier molecular flexibility index (Phi) is 4.54. The van der Waals surface area contributed by atoms with Crippen LogP contribution in [0.2, 0.25) is 0 Å². The van der Waals surface area contributed by atoms with Crippen molar-refractivity contribution in [2.45, 2.75) is 46.1 Å². The summed E-state index contributed by atoms with van der Waals surface area (Å²) < 4.78 is 10.1. The van der Waals surface area contributed by atoms with Crippen LogP contribution < -0.4 is 0 Å². The largest absolute Gasteiger partial charge is 0.466 e. The van der Waals surface area contributed by atoms with Gasteiger partial charge in [0.2, 0.25) is 0 Å². The van der Waals surface area contributed by atoms with Gasteiger partial charge in [0.15, 0.2) is 0 Å². The summed E-state index contributed by atoms with van der Waals surface area (Å²) in [6.45, 7) is 7.53. The summed E-state index contributed by atoms with van der Waals surface area (Å²) >= 11 is 0. The topological polar surface area (TPSA) is 52.6 Å². The summed E-state index contributed by atoms with van der Waals surface area (Å²) in [4.78, 5) is 23.4. The van der Waals surface area contributed by atoms with E-state index in [4.69, 9.17) is 9.47 Å². The van der Waals surface area contributed by atoms with Gasteiger partial charge in [0.25, 0.3) is 0 Å². The molecule has 0 saturated carbocycles. The van der Waals surface area contributed by atoms with Crippen molar-refractivity contribution in [1.29, 1.82) is 0 Å². The summed E-state index contributed by atoms with van der Waals surface area (Å²) in [7, 11) is 1.37. The van der Waals surface area contributed by atoms with Gasteiger partial charge in [-0.1, -0.05) is 13.0 Å². The van der Waals surface area contributed by atoms with E-state index < -0.39 is 5.60 Å². The van der Waals surface area contributed by atoms with Crippen molar-refractivity contribution in [1.82, 2.24) is 0 Å². The van der Waals surface area contributed by atoms with Crippen molar-refractivity contribution >= 4 is 11.9 Å². The summed E-state index contributed by atoms with van der Waals surface area (Å²) in [5.74, 6) is -0.559. The van der Waals surface area contributed by atoms with Crippen LogP contribution in [0.1, 0.15) is 40.5 Å². The standard InChI is InChI=1S/C14H22O4/c1-9-8-10(12(15)17-5)6-7-11(9)13(16)18-14(2,3)4/h6,9,11H,7-8H2,1-5H3/t9?,11-/m1/s1. The lowest BCUT2D eigenvalue weighted by Gasteiger charge is -2.29. The fourth-order valence-electron chi connectivity index (χ4n) is 2.08. The smallest absolute Gasteiger partial charge is 0.333 e. The normalized spacial score (nSPS) is 24.2. The van der Waals surface area contributed by atoms with E-state index in [-0.39, 0.29) is 23.8 Å². The van der Waals surface area contributed by atoms with E-state index in [2.05, 4.69) is 0 Å². The molecule has 2 atom stereocenters. The van der Waals surface area contributed by atoms with Gasteiger partial charge in [-0.15, -0.1) is 0 Å². The molecule has 0 heterocycles. The van der Waals surface area contributed by atoms with Crippen molar-refractivity contribution in [3.63, 3.8) is 0 Å². The molecule has 4 nitrogen and oxygen atoms in total. The Morgan fingerprint density at radius 1 is 1.33 bits per heavy atom. The Labute approximate surface area is 108 Å². The first-order valence-corrected chi connectivity index (χ1v) is 6.25. The highest BCUT2D eigenvalue weighted by Crippen LogP contribution is 2.31. The number of carbonyl (C=O) groups excluding carboxylic acids is 2. The van der Waals surface area contributed by atoms with Gasteiger partial charge in [0.1, 0.15) is 5.60 Å². The number of allylic oxidation sites excluding steroid dienone is 1. The molecule has 0 aliphatic heterocycles. The molecule has 1 unspecified atom stereocenters. The van der Waals surface area contributed by atoms with E-state index in [1.165, 1.54) is 7.11 Å². The minimum atomic E-state index is -0.469. The number of hydrogen-bond acceptors (Lipinski definition) is 4. The third-order valence-corrected chi connectivity index (χ3v) is 3.00. The van der Waals surface area contributed by atoms with Gasteiger partial charge in [-0.25, -0.2) is 4.79 Å². The fraction of sp³-hybridized carbons (Fsp3) is 0.714. The number of esters is 2. The Hall–Kier alpha value is -1.32. The van der Waals surface area contributed by atoms with E-state index in [0.717, 1.165) is 0 Å². The molecule has 102 valence electrons. The van der Waals surface area contributed by atoms with Crippen molar-refractivity contribution in [3.8, 4) is 0 Å². The van der Waals surface area contributed by atoms with Gasteiger partial charge in [0.05, 0.1) is 13.0 Å². The van der Waals surface area contributed by atoms with Gasteiger partial charge in [-0.3, -0.25) is 4.79 Å². The molecule has 0 aromatic carbocycles. The van der Waals surface area contributed by atoms with Crippen LogP contribution in [0.5, 0.6) is 0 Å². The van der Waals surface area contributed by atoms with Crippen LogP contribution in [-0.2, 0) is 19.1 Å². The van der Waals surface area contributed by atoms with Gasteiger partial charge in [-0.05, 0) is 39.5 Å². The second-order valence-electron chi connectivity index (χ2n) is 5.78. The predicted molar refractivity (Wildman–Crippen MR) is 67.8 cm³/mol. The Morgan fingerprint density at radius 2 is 1.94 bits per heavy atom. The third kappa shape index (κ3) is 3.86. The number of rotatable bonds is 2. The summed E-state index contributed by atoms with van der Waals surface area (Å²) in [5.41, 5.74) is 0.188. The van der Waals surface area contributed by atoms with Gasteiger partial charge >= 0.3 is 11.9 Å². The highest BCUT2D eigenvalue weighted by molar-refractivity contribution is 5.89. The molecule has 1 aliphatic rings. The highest BCUT2D eigenvalue weighted by Gasteiger charge is 2.33. The van der Waals surface area contributed by atoms with E-state index >= 15 is 0 Å². The molecule has 0 bridgehead atoms. The lowest BCUT2D eigenvalue weighted by molar-refractivity contribution is -0.162. The first-order chi connectivity index (χ1) is 8.24. The molecule has 0 aromatic rings. The fourth-order valence-corrected chi connectivity index (χ4v) is 2.08. The molecule has 0 amide bonds. The van der Waals surface area contributed by atoms with Gasteiger partial charge in [0, 0.05) is 5.57 Å². The van der Waals surface area contributed by atoms with Crippen LogP contribution in [0.15, 0.2) is 11.6 Å². The number of methoxy groups -OCH3 is 1. The average Bonchev–Trinajstić information content (AvgIpc) is 2.25. The lowest BCUT2D eigenvalue weighted by Crippen LogP contribution is -2.33. The van der Waals surface area contributed by atoms with Crippen molar-refractivity contribution in [2.75, 3.05) is 7.11 Å². The van der Waals surface area contributed by atoms with Crippen molar-refractivity contribution in [3.05, 3.63) is 11.6 Å². The maximum atomic E-state index is 12.0. The van der Waals surface area contributed by atoms with Crippen LogP contribution in [0.25, 0.3) is 0 Å². The van der Waals surface area contributed by atoms with Crippen LogP contribution in [-0.4, -0.2) is 24.6 Å². The van der Waals surface area contributed by atoms with E-state index in [1.807, 2.05) is 27.7 Å². The molecular weight excluding hydrogens is 232 g/mol. The Morgan fingerprint density at radius 3 is 2.39 bits per heavy atom. The number of hydrogen-bond donors (Lipinski definition) is 0. The quantitative estimate of drug-likeness (QED) is 0.710. The van der Waals surface area contributed by atoms with E-state index in [9.17, 15) is 9.59 Å². The van der Waals surface area contributed by atoms with Crippen molar-refractivity contribution in [2.24, 2.45) is 11.8 Å².